The third-order valence-electron chi connectivity index (χ3n) is 1.65. The van der Waals surface area contributed by atoms with E-state index in [4.69, 9.17) is 10.2 Å². The van der Waals surface area contributed by atoms with Crippen molar-refractivity contribution in [3.63, 3.8) is 0 Å². The van der Waals surface area contributed by atoms with Gasteiger partial charge < -0.3 is 15.3 Å². The normalized spacial score (nSPS) is 15.4. The lowest BCUT2D eigenvalue weighted by atomic mass is 10.1. The van der Waals surface area contributed by atoms with E-state index < -0.39 is 12.2 Å². The smallest absolute Gasteiger partial charge is 0.103 e. The molecule has 0 bridgehead atoms. The van der Waals surface area contributed by atoms with Crippen molar-refractivity contribution in [3.8, 4) is 0 Å². The number of aliphatic hydroxyl groups is 3. The molecule has 0 aliphatic rings. The molecule has 0 saturated carbocycles. The maximum atomic E-state index is 9.19. The molecule has 2 atom stereocenters. The third kappa shape index (κ3) is 5.29. The molecule has 0 aromatic heterocycles. The molecule has 0 rings (SSSR count). The van der Waals surface area contributed by atoms with Crippen molar-refractivity contribution in [2.45, 2.75) is 38.9 Å². The van der Waals surface area contributed by atoms with Gasteiger partial charge in [0.1, 0.15) is 6.10 Å². The minimum Gasteiger partial charge on any atom is -0.394 e. The number of rotatable bonds is 5. The molecule has 0 aliphatic heterocycles. The molecule has 0 amide bonds. The second-order valence-corrected chi connectivity index (χ2v) is 3.18. The quantitative estimate of drug-likeness (QED) is 0.530. The summed E-state index contributed by atoms with van der Waals surface area (Å²) in [5, 5.41) is 26.7. The van der Waals surface area contributed by atoms with Gasteiger partial charge in [0, 0.05) is 0 Å². The van der Waals surface area contributed by atoms with Gasteiger partial charge in [0.2, 0.25) is 0 Å². The van der Waals surface area contributed by atoms with E-state index in [0.717, 1.165) is 6.42 Å². The average Bonchev–Trinajstić information content (AvgIpc) is 2.02. The second kappa shape index (κ2) is 6.17. The first kappa shape index (κ1) is 11.6. The van der Waals surface area contributed by atoms with Crippen LogP contribution in [0, 0.1) is 0 Å². The summed E-state index contributed by atoms with van der Waals surface area (Å²) in [4.78, 5) is 0. The van der Waals surface area contributed by atoms with Crippen LogP contribution in [0.3, 0.4) is 0 Å². The minimum atomic E-state index is -1.00. The van der Waals surface area contributed by atoms with Crippen LogP contribution in [-0.4, -0.2) is 34.1 Å². The molecule has 72 valence electrons. The van der Waals surface area contributed by atoms with Crippen molar-refractivity contribution in [3.05, 3.63) is 11.6 Å². The molecule has 0 saturated heterocycles. The number of hydrogen-bond acceptors (Lipinski definition) is 3. The minimum absolute atomic E-state index is 0.379. The number of allylic oxidation sites excluding steroid dienone is 2. The third-order valence-corrected chi connectivity index (χ3v) is 1.65. The first-order valence-electron chi connectivity index (χ1n) is 4.18. The predicted molar refractivity (Wildman–Crippen MR) is 47.8 cm³/mol. The lowest BCUT2D eigenvalue weighted by molar-refractivity contribution is -0.0170. The SMILES string of the molecule is CC(C)=CCCC(O)C(O)CO. The summed E-state index contributed by atoms with van der Waals surface area (Å²) in [7, 11) is 0. The highest BCUT2D eigenvalue weighted by molar-refractivity contribution is 4.93. The Bertz CT molecular complexity index is 139. The molecule has 3 heteroatoms. The van der Waals surface area contributed by atoms with E-state index in [1.165, 1.54) is 5.57 Å². The van der Waals surface area contributed by atoms with Gasteiger partial charge in [-0.3, -0.25) is 0 Å². The highest BCUT2D eigenvalue weighted by Crippen LogP contribution is 2.04. The van der Waals surface area contributed by atoms with Gasteiger partial charge in [-0.25, -0.2) is 0 Å². The standard InChI is InChI=1S/C9H18O3/c1-7(2)4-3-5-8(11)9(12)6-10/h4,8-12H,3,5-6H2,1-2H3. The van der Waals surface area contributed by atoms with E-state index in [2.05, 4.69) is 0 Å². The Morgan fingerprint density at radius 1 is 1.25 bits per heavy atom. The zero-order valence-electron chi connectivity index (χ0n) is 7.70. The maximum Gasteiger partial charge on any atom is 0.103 e. The number of aliphatic hydroxyl groups excluding tert-OH is 3. The van der Waals surface area contributed by atoms with Gasteiger partial charge in [-0.05, 0) is 26.7 Å². The molecule has 0 heterocycles. The first-order chi connectivity index (χ1) is 5.57. The van der Waals surface area contributed by atoms with Gasteiger partial charge >= 0.3 is 0 Å². The van der Waals surface area contributed by atoms with Gasteiger partial charge in [0.15, 0.2) is 0 Å². The van der Waals surface area contributed by atoms with E-state index in [1.54, 1.807) is 0 Å². The van der Waals surface area contributed by atoms with Crippen molar-refractivity contribution < 1.29 is 15.3 Å². The van der Waals surface area contributed by atoms with Crippen LogP contribution in [0.25, 0.3) is 0 Å². The highest BCUT2D eigenvalue weighted by Gasteiger charge is 2.13. The molecular formula is C9H18O3. The van der Waals surface area contributed by atoms with Gasteiger partial charge in [-0.15, -0.1) is 0 Å². The van der Waals surface area contributed by atoms with Crippen LogP contribution in [0.2, 0.25) is 0 Å². The van der Waals surface area contributed by atoms with Crippen LogP contribution >= 0.6 is 0 Å². The Balaban J connectivity index is 3.57. The Labute approximate surface area is 73.4 Å². The molecule has 0 aromatic rings. The fraction of sp³-hybridized carbons (Fsp3) is 0.778. The van der Waals surface area contributed by atoms with E-state index in [9.17, 15) is 5.11 Å². The topological polar surface area (TPSA) is 60.7 Å². The zero-order valence-corrected chi connectivity index (χ0v) is 7.70. The van der Waals surface area contributed by atoms with Crippen LogP contribution in [0.1, 0.15) is 26.7 Å². The lowest BCUT2D eigenvalue weighted by Gasteiger charge is -2.13. The van der Waals surface area contributed by atoms with Gasteiger partial charge in [0.05, 0.1) is 12.7 Å². The Morgan fingerprint density at radius 3 is 2.25 bits per heavy atom. The molecule has 0 fully saturated rings. The average molecular weight is 174 g/mol. The molecule has 2 unspecified atom stereocenters. The van der Waals surface area contributed by atoms with Crippen LogP contribution < -0.4 is 0 Å². The monoisotopic (exact) mass is 174 g/mol. The van der Waals surface area contributed by atoms with Gasteiger partial charge in [-0.1, -0.05) is 11.6 Å². The predicted octanol–water partition coefficient (Wildman–Crippen LogP) is 0.447. The lowest BCUT2D eigenvalue weighted by Crippen LogP contribution is -2.28. The summed E-state index contributed by atoms with van der Waals surface area (Å²) in [6, 6.07) is 0. The van der Waals surface area contributed by atoms with E-state index in [-0.39, 0.29) is 6.61 Å². The van der Waals surface area contributed by atoms with Crippen molar-refractivity contribution in [2.24, 2.45) is 0 Å². The van der Waals surface area contributed by atoms with Gasteiger partial charge in [0.25, 0.3) is 0 Å². The molecule has 0 spiro atoms. The fourth-order valence-electron chi connectivity index (χ4n) is 0.857. The maximum absolute atomic E-state index is 9.19. The summed E-state index contributed by atoms with van der Waals surface area (Å²) in [5.41, 5.74) is 1.20. The van der Waals surface area contributed by atoms with Crippen molar-refractivity contribution in [1.29, 1.82) is 0 Å². The summed E-state index contributed by atoms with van der Waals surface area (Å²) in [6.45, 7) is 3.58. The molecule has 0 radical (unpaired) electrons. The van der Waals surface area contributed by atoms with Crippen LogP contribution in [0.15, 0.2) is 11.6 Å². The van der Waals surface area contributed by atoms with Crippen molar-refractivity contribution >= 4 is 0 Å². The summed E-state index contributed by atoms with van der Waals surface area (Å²) < 4.78 is 0. The molecule has 3 N–H and O–H groups in total. The van der Waals surface area contributed by atoms with Crippen molar-refractivity contribution in [2.75, 3.05) is 6.61 Å². The molecule has 12 heavy (non-hydrogen) atoms. The van der Waals surface area contributed by atoms with Crippen LogP contribution in [0.4, 0.5) is 0 Å². The summed E-state index contributed by atoms with van der Waals surface area (Å²) in [6.07, 6.45) is 1.40. The van der Waals surface area contributed by atoms with E-state index in [0.29, 0.717) is 6.42 Å². The van der Waals surface area contributed by atoms with E-state index in [1.807, 2.05) is 19.9 Å². The molecular weight excluding hydrogens is 156 g/mol. The van der Waals surface area contributed by atoms with Crippen molar-refractivity contribution in [1.82, 2.24) is 0 Å². The van der Waals surface area contributed by atoms with Crippen LogP contribution in [0.5, 0.6) is 0 Å². The van der Waals surface area contributed by atoms with Crippen LogP contribution in [-0.2, 0) is 0 Å². The summed E-state index contributed by atoms with van der Waals surface area (Å²) in [5.74, 6) is 0. The molecule has 3 nitrogen and oxygen atoms in total. The van der Waals surface area contributed by atoms with E-state index >= 15 is 0 Å². The number of hydrogen-bond donors (Lipinski definition) is 3. The fourth-order valence-corrected chi connectivity index (χ4v) is 0.857. The first-order valence-corrected chi connectivity index (χ1v) is 4.18. The molecule has 0 aliphatic carbocycles. The Morgan fingerprint density at radius 2 is 1.83 bits per heavy atom. The zero-order chi connectivity index (χ0) is 9.56. The Hall–Kier alpha value is -0.380. The largest absolute Gasteiger partial charge is 0.394 e. The Kier molecular flexibility index (Phi) is 5.98. The summed E-state index contributed by atoms with van der Waals surface area (Å²) >= 11 is 0. The van der Waals surface area contributed by atoms with Gasteiger partial charge in [-0.2, -0.15) is 0 Å². The molecule has 0 aromatic carbocycles. The second-order valence-electron chi connectivity index (χ2n) is 3.18. The highest BCUT2D eigenvalue weighted by atomic mass is 16.4.